The molecule has 0 saturated carbocycles. The van der Waals surface area contributed by atoms with Crippen LogP contribution in [0.3, 0.4) is 0 Å². The molecule has 4 rings (SSSR count). The number of hydrogen-bond donors (Lipinski definition) is 2. The topological polar surface area (TPSA) is 79.3 Å². The Labute approximate surface area is 188 Å². The van der Waals surface area contributed by atoms with E-state index in [1.165, 1.54) is 0 Å². The Bertz CT molecular complexity index is 1080. The highest BCUT2D eigenvalue weighted by molar-refractivity contribution is 5.94. The predicted octanol–water partition coefficient (Wildman–Crippen LogP) is 3.97. The van der Waals surface area contributed by atoms with E-state index in [9.17, 15) is 9.59 Å². The van der Waals surface area contributed by atoms with Crippen molar-refractivity contribution in [2.75, 3.05) is 18.4 Å². The van der Waals surface area contributed by atoms with Gasteiger partial charge in [-0.05, 0) is 62.6 Å². The van der Waals surface area contributed by atoms with Crippen molar-refractivity contribution in [1.82, 2.24) is 20.0 Å². The second kappa shape index (κ2) is 9.68. The quantitative estimate of drug-likeness (QED) is 0.641. The fraction of sp³-hybridized carbons (Fsp3) is 0.320. The number of aryl methyl sites for hydroxylation is 2. The van der Waals surface area contributed by atoms with Gasteiger partial charge < -0.3 is 15.5 Å². The Balaban J connectivity index is 1.30. The van der Waals surface area contributed by atoms with Crippen LogP contribution in [-0.4, -0.2) is 45.8 Å². The lowest BCUT2D eigenvalue weighted by molar-refractivity contribution is 0.0708. The Hall–Kier alpha value is -3.61. The molecule has 0 bridgehead atoms. The number of carbonyl (C=O) groups excluding carboxylic acids is 2. The number of nitrogens with one attached hydrogen (secondary N) is 2. The highest BCUT2D eigenvalue weighted by Gasteiger charge is 2.24. The summed E-state index contributed by atoms with van der Waals surface area (Å²) in [6, 6.07) is 19.0. The lowest BCUT2D eigenvalue weighted by Crippen LogP contribution is -2.47. The van der Waals surface area contributed by atoms with Gasteiger partial charge in [-0.1, -0.05) is 30.3 Å². The van der Waals surface area contributed by atoms with Gasteiger partial charge >= 0.3 is 6.03 Å². The van der Waals surface area contributed by atoms with Crippen molar-refractivity contribution >= 4 is 17.6 Å². The molecule has 1 saturated heterocycles. The number of piperidine rings is 1. The Kier molecular flexibility index (Phi) is 6.54. The van der Waals surface area contributed by atoms with Gasteiger partial charge in [-0.25, -0.2) is 4.79 Å². The molecule has 7 nitrogen and oxygen atoms in total. The number of rotatable bonds is 5. The molecule has 0 aliphatic carbocycles. The van der Waals surface area contributed by atoms with Crippen molar-refractivity contribution in [2.45, 2.75) is 39.3 Å². The number of hydrogen-bond acceptors (Lipinski definition) is 3. The van der Waals surface area contributed by atoms with E-state index in [4.69, 9.17) is 0 Å². The van der Waals surface area contributed by atoms with Crippen molar-refractivity contribution in [1.29, 1.82) is 0 Å². The SMILES string of the molecule is Cc1cc(C)n(Cc2cccc(C(=O)N3CCC(NC(=O)Nc4ccccc4)CC3)c2)n1. The van der Waals surface area contributed by atoms with Gasteiger partial charge in [0.15, 0.2) is 0 Å². The molecule has 1 fully saturated rings. The fourth-order valence-corrected chi connectivity index (χ4v) is 4.09. The molecule has 0 atom stereocenters. The van der Waals surface area contributed by atoms with Crippen LogP contribution in [0.1, 0.15) is 40.2 Å². The first-order valence-electron chi connectivity index (χ1n) is 11.0. The van der Waals surface area contributed by atoms with Gasteiger partial charge in [0.2, 0.25) is 0 Å². The molecule has 0 unspecified atom stereocenters. The van der Waals surface area contributed by atoms with Gasteiger partial charge in [0.05, 0.1) is 12.2 Å². The van der Waals surface area contributed by atoms with E-state index < -0.39 is 0 Å². The van der Waals surface area contributed by atoms with Crippen LogP contribution in [0.25, 0.3) is 0 Å². The summed E-state index contributed by atoms with van der Waals surface area (Å²) in [6.45, 7) is 5.90. The van der Waals surface area contributed by atoms with Crippen LogP contribution in [0.4, 0.5) is 10.5 Å². The van der Waals surface area contributed by atoms with E-state index in [0.717, 1.165) is 35.5 Å². The molecule has 2 heterocycles. The highest BCUT2D eigenvalue weighted by atomic mass is 16.2. The monoisotopic (exact) mass is 431 g/mol. The van der Waals surface area contributed by atoms with Crippen LogP contribution >= 0.6 is 0 Å². The number of nitrogens with zero attached hydrogens (tertiary/aromatic N) is 3. The van der Waals surface area contributed by atoms with Crippen LogP contribution in [0.5, 0.6) is 0 Å². The van der Waals surface area contributed by atoms with Crippen LogP contribution in [-0.2, 0) is 6.54 Å². The lowest BCUT2D eigenvalue weighted by atomic mass is 10.0. The second-order valence-electron chi connectivity index (χ2n) is 8.32. The second-order valence-corrected chi connectivity index (χ2v) is 8.32. The zero-order valence-corrected chi connectivity index (χ0v) is 18.5. The number of aromatic nitrogens is 2. The fourth-order valence-electron chi connectivity index (χ4n) is 4.09. The molecule has 1 aliphatic rings. The first-order chi connectivity index (χ1) is 15.5. The minimum Gasteiger partial charge on any atom is -0.338 e. The number of amides is 3. The molecule has 0 spiro atoms. The minimum atomic E-state index is -0.210. The normalized spacial score (nSPS) is 14.2. The van der Waals surface area contributed by atoms with Crippen LogP contribution in [0.2, 0.25) is 0 Å². The summed E-state index contributed by atoms with van der Waals surface area (Å²) in [4.78, 5) is 27.1. The standard InChI is InChI=1S/C25H29N5O2/c1-18-15-19(2)30(28-18)17-20-7-6-8-21(16-20)24(31)29-13-11-23(12-14-29)27-25(32)26-22-9-4-3-5-10-22/h3-10,15-16,23H,11-14,17H2,1-2H3,(H2,26,27,32). The first kappa shape index (κ1) is 21.6. The van der Waals surface area contributed by atoms with E-state index in [1.807, 2.05) is 84.1 Å². The Morgan fingerprint density at radius 2 is 1.75 bits per heavy atom. The maximum absolute atomic E-state index is 13.0. The number of para-hydroxylation sites is 1. The maximum atomic E-state index is 13.0. The summed E-state index contributed by atoms with van der Waals surface area (Å²) in [5.74, 6) is 0.0346. The Morgan fingerprint density at radius 1 is 1.00 bits per heavy atom. The van der Waals surface area contributed by atoms with E-state index in [1.54, 1.807) is 0 Å². The third-order valence-corrected chi connectivity index (χ3v) is 5.76. The van der Waals surface area contributed by atoms with Crippen molar-refractivity contribution < 1.29 is 9.59 Å². The van der Waals surface area contributed by atoms with Gasteiger partial charge in [0.1, 0.15) is 0 Å². The molecular formula is C25H29N5O2. The third-order valence-electron chi connectivity index (χ3n) is 5.76. The van der Waals surface area contributed by atoms with Gasteiger partial charge in [-0.2, -0.15) is 5.10 Å². The van der Waals surface area contributed by atoms with Gasteiger partial charge in [-0.15, -0.1) is 0 Å². The number of urea groups is 1. The molecular weight excluding hydrogens is 402 g/mol. The summed E-state index contributed by atoms with van der Waals surface area (Å²) in [5.41, 5.74) is 4.60. The lowest BCUT2D eigenvalue weighted by Gasteiger charge is -2.32. The minimum absolute atomic E-state index is 0.0346. The van der Waals surface area contributed by atoms with Gasteiger partial charge in [0, 0.05) is 36.1 Å². The summed E-state index contributed by atoms with van der Waals surface area (Å²) < 4.78 is 1.95. The number of benzene rings is 2. The van der Waals surface area contributed by atoms with Crippen LogP contribution in [0, 0.1) is 13.8 Å². The van der Waals surface area contributed by atoms with Crippen LogP contribution in [0.15, 0.2) is 60.7 Å². The highest BCUT2D eigenvalue weighted by Crippen LogP contribution is 2.16. The summed E-state index contributed by atoms with van der Waals surface area (Å²) >= 11 is 0. The molecule has 1 aliphatic heterocycles. The molecule has 7 heteroatoms. The van der Waals surface area contributed by atoms with E-state index in [2.05, 4.69) is 15.7 Å². The smallest absolute Gasteiger partial charge is 0.319 e. The van der Waals surface area contributed by atoms with Crippen molar-refractivity contribution in [2.24, 2.45) is 0 Å². The third kappa shape index (κ3) is 5.35. The molecule has 2 N–H and O–H groups in total. The number of carbonyl (C=O) groups is 2. The number of likely N-dealkylation sites (tertiary alicyclic amines) is 1. The summed E-state index contributed by atoms with van der Waals surface area (Å²) in [6.07, 6.45) is 1.47. The molecule has 3 aromatic rings. The zero-order valence-electron chi connectivity index (χ0n) is 18.5. The Morgan fingerprint density at radius 3 is 2.44 bits per heavy atom. The van der Waals surface area contributed by atoms with Crippen molar-refractivity contribution in [3.05, 3.63) is 83.2 Å². The molecule has 0 radical (unpaired) electrons. The molecule has 166 valence electrons. The van der Waals surface area contributed by atoms with E-state index in [0.29, 0.717) is 25.2 Å². The zero-order chi connectivity index (χ0) is 22.5. The molecule has 32 heavy (non-hydrogen) atoms. The average molecular weight is 432 g/mol. The van der Waals surface area contributed by atoms with E-state index in [-0.39, 0.29) is 18.0 Å². The van der Waals surface area contributed by atoms with Crippen molar-refractivity contribution in [3.63, 3.8) is 0 Å². The predicted molar refractivity (Wildman–Crippen MR) is 125 cm³/mol. The van der Waals surface area contributed by atoms with Gasteiger partial charge in [0.25, 0.3) is 5.91 Å². The first-order valence-corrected chi connectivity index (χ1v) is 11.0. The maximum Gasteiger partial charge on any atom is 0.319 e. The largest absolute Gasteiger partial charge is 0.338 e. The molecule has 3 amide bonds. The van der Waals surface area contributed by atoms with Crippen LogP contribution < -0.4 is 10.6 Å². The average Bonchev–Trinajstić information content (AvgIpc) is 3.11. The van der Waals surface area contributed by atoms with E-state index >= 15 is 0 Å². The van der Waals surface area contributed by atoms with Gasteiger partial charge in [-0.3, -0.25) is 9.48 Å². The van der Waals surface area contributed by atoms with Crippen molar-refractivity contribution in [3.8, 4) is 0 Å². The molecule has 1 aromatic heterocycles. The summed E-state index contributed by atoms with van der Waals surface area (Å²) in [5, 5.41) is 10.4. The number of anilines is 1. The molecule has 2 aromatic carbocycles. The summed E-state index contributed by atoms with van der Waals surface area (Å²) in [7, 11) is 0.